The summed E-state index contributed by atoms with van der Waals surface area (Å²) < 4.78 is 11.4. The maximum absolute atomic E-state index is 8.40. The lowest BCUT2D eigenvalue weighted by atomic mass is 9.98. The zero-order valence-corrected chi connectivity index (χ0v) is 8.24. The van der Waals surface area contributed by atoms with Crippen molar-refractivity contribution >= 4 is 0 Å². The molecule has 0 amide bonds. The Labute approximate surface area is 84.3 Å². The molecule has 1 aliphatic heterocycles. The van der Waals surface area contributed by atoms with Crippen LogP contribution in [0.25, 0.3) is 0 Å². The van der Waals surface area contributed by atoms with Crippen molar-refractivity contribution in [3.05, 3.63) is 12.2 Å². The molecule has 2 fully saturated rings. The van der Waals surface area contributed by atoms with Gasteiger partial charge in [-0.15, -0.1) is 0 Å². The molecular formula is C11H15NO2. The predicted octanol–water partition coefficient (Wildman–Crippen LogP) is 2.00. The lowest BCUT2D eigenvalue weighted by Crippen LogP contribution is -2.34. The minimum Gasteiger partial charge on any atom is -0.347 e. The summed E-state index contributed by atoms with van der Waals surface area (Å²) in [6.45, 7) is 1.44. The van der Waals surface area contributed by atoms with Gasteiger partial charge in [-0.25, -0.2) is 0 Å². The van der Waals surface area contributed by atoms with E-state index in [4.69, 9.17) is 14.7 Å². The van der Waals surface area contributed by atoms with Crippen LogP contribution in [0.4, 0.5) is 0 Å². The number of ether oxygens (including phenoxy) is 2. The molecule has 0 radical (unpaired) electrons. The summed E-state index contributed by atoms with van der Waals surface area (Å²) in [5.74, 6) is 0.134. The van der Waals surface area contributed by atoms with Crippen molar-refractivity contribution < 1.29 is 9.47 Å². The zero-order chi connectivity index (χ0) is 9.86. The average Bonchev–Trinajstić information content (AvgIpc) is 2.80. The molecule has 0 aromatic carbocycles. The van der Waals surface area contributed by atoms with Gasteiger partial charge in [-0.1, -0.05) is 6.08 Å². The molecule has 0 aromatic rings. The highest BCUT2D eigenvalue weighted by Crippen LogP contribution is 2.43. The molecule has 1 saturated heterocycles. The van der Waals surface area contributed by atoms with Crippen LogP contribution in [0.15, 0.2) is 12.2 Å². The molecule has 14 heavy (non-hydrogen) atoms. The molecule has 3 nitrogen and oxygen atoms in total. The van der Waals surface area contributed by atoms with E-state index in [2.05, 4.69) is 0 Å². The van der Waals surface area contributed by atoms with E-state index in [0.717, 1.165) is 32.5 Å². The third-order valence-electron chi connectivity index (χ3n) is 3.09. The van der Waals surface area contributed by atoms with Crippen molar-refractivity contribution in [1.29, 1.82) is 5.26 Å². The molecule has 1 heterocycles. The Hall–Kier alpha value is -0.850. The third-order valence-corrected chi connectivity index (χ3v) is 3.09. The smallest absolute Gasteiger partial charge is 0.171 e. The second-order valence-corrected chi connectivity index (χ2v) is 3.87. The molecule has 1 spiro atoms. The molecule has 1 unspecified atom stereocenters. The third kappa shape index (κ3) is 1.68. The summed E-state index contributed by atoms with van der Waals surface area (Å²) in [5.41, 5.74) is 0. The molecule has 2 rings (SSSR count). The van der Waals surface area contributed by atoms with E-state index in [1.165, 1.54) is 6.42 Å². The first-order chi connectivity index (χ1) is 6.87. The predicted molar refractivity (Wildman–Crippen MR) is 51.3 cm³/mol. The Morgan fingerprint density at radius 3 is 2.93 bits per heavy atom. The van der Waals surface area contributed by atoms with Gasteiger partial charge in [-0.05, 0) is 19.3 Å². The Morgan fingerprint density at radius 1 is 1.43 bits per heavy atom. The maximum atomic E-state index is 8.40. The van der Waals surface area contributed by atoms with Gasteiger partial charge in [0.2, 0.25) is 0 Å². The first-order valence-corrected chi connectivity index (χ1v) is 5.20. The fourth-order valence-corrected chi connectivity index (χ4v) is 2.45. The summed E-state index contributed by atoms with van der Waals surface area (Å²) in [6.07, 6.45) is 7.69. The summed E-state index contributed by atoms with van der Waals surface area (Å²) in [7, 11) is 0. The summed E-state index contributed by atoms with van der Waals surface area (Å²) in [5, 5.41) is 8.40. The summed E-state index contributed by atoms with van der Waals surface area (Å²) >= 11 is 0. The number of hydrogen-bond acceptors (Lipinski definition) is 3. The highest BCUT2D eigenvalue weighted by atomic mass is 16.7. The second kappa shape index (κ2) is 4.12. The van der Waals surface area contributed by atoms with Crippen LogP contribution in [0.1, 0.15) is 25.7 Å². The molecule has 2 aliphatic rings. The van der Waals surface area contributed by atoms with Gasteiger partial charge in [-0.2, -0.15) is 5.26 Å². The van der Waals surface area contributed by atoms with Gasteiger partial charge < -0.3 is 9.47 Å². The summed E-state index contributed by atoms with van der Waals surface area (Å²) in [4.78, 5) is 0. The quantitative estimate of drug-likeness (QED) is 0.630. The zero-order valence-electron chi connectivity index (χ0n) is 8.24. The van der Waals surface area contributed by atoms with Crippen LogP contribution in [0.5, 0.6) is 0 Å². The van der Waals surface area contributed by atoms with Gasteiger partial charge in [0.15, 0.2) is 5.79 Å². The van der Waals surface area contributed by atoms with E-state index in [1.807, 2.05) is 12.1 Å². The van der Waals surface area contributed by atoms with Gasteiger partial charge in [0.25, 0.3) is 0 Å². The van der Waals surface area contributed by atoms with Gasteiger partial charge in [0.1, 0.15) is 0 Å². The van der Waals surface area contributed by atoms with Crippen LogP contribution >= 0.6 is 0 Å². The molecular weight excluding hydrogens is 178 g/mol. The molecule has 1 aliphatic carbocycles. The van der Waals surface area contributed by atoms with Crippen LogP contribution < -0.4 is 0 Å². The Bertz CT molecular complexity index is 255. The molecule has 0 bridgehead atoms. The van der Waals surface area contributed by atoms with Crippen molar-refractivity contribution in [2.24, 2.45) is 5.92 Å². The Balaban J connectivity index is 1.97. The van der Waals surface area contributed by atoms with Crippen molar-refractivity contribution in [1.82, 2.24) is 0 Å². The van der Waals surface area contributed by atoms with Crippen LogP contribution in [-0.2, 0) is 9.47 Å². The number of rotatable bonds is 2. The van der Waals surface area contributed by atoms with E-state index in [-0.39, 0.29) is 5.79 Å². The second-order valence-electron chi connectivity index (χ2n) is 3.87. The van der Waals surface area contributed by atoms with Crippen molar-refractivity contribution in [2.45, 2.75) is 31.5 Å². The van der Waals surface area contributed by atoms with Crippen LogP contribution in [-0.4, -0.2) is 19.0 Å². The summed E-state index contributed by atoms with van der Waals surface area (Å²) in [6, 6.07) is 2.01. The SMILES string of the molecule is N#CC=CCC1CCCC12OCCO2. The monoisotopic (exact) mass is 193 g/mol. The fourth-order valence-electron chi connectivity index (χ4n) is 2.45. The molecule has 76 valence electrons. The van der Waals surface area contributed by atoms with Crippen molar-refractivity contribution in [3.8, 4) is 6.07 Å². The number of nitriles is 1. The van der Waals surface area contributed by atoms with E-state index < -0.39 is 0 Å². The first kappa shape index (κ1) is 9.70. The Morgan fingerprint density at radius 2 is 2.21 bits per heavy atom. The molecule has 3 heteroatoms. The van der Waals surface area contributed by atoms with E-state index in [1.54, 1.807) is 6.08 Å². The van der Waals surface area contributed by atoms with Gasteiger partial charge in [0, 0.05) is 18.4 Å². The number of nitrogens with zero attached hydrogens (tertiary/aromatic N) is 1. The number of allylic oxidation sites excluding steroid dienone is 2. The standard InChI is InChI=1S/C11H15NO2/c12-7-2-1-4-10-5-3-6-11(10)13-8-9-14-11/h1-2,10H,3-6,8-9H2. The van der Waals surface area contributed by atoms with E-state index >= 15 is 0 Å². The highest BCUT2D eigenvalue weighted by Gasteiger charge is 2.46. The average molecular weight is 193 g/mol. The maximum Gasteiger partial charge on any atom is 0.171 e. The minimum absolute atomic E-state index is 0.306. The normalized spacial score (nSPS) is 30.1. The minimum atomic E-state index is -0.306. The van der Waals surface area contributed by atoms with Crippen LogP contribution in [0.2, 0.25) is 0 Å². The van der Waals surface area contributed by atoms with Crippen LogP contribution in [0, 0.1) is 17.2 Å². The van der Waals surface area contributed by atoms with Gasteiger partial charge in [-0.3, -0.25) is 0 Å². The highest BCUT2D eigenvalue weighted by molar-refractivity contribution is 5.04. The lowest BCUT2D eigenvalue weighted by molar-refractivity contribution is -0.180. The molecule has 0 N–H and O–H groups in total. The fraction of sp³-hybridized carbons (Fsp3) is 0.727. The first-order valence-electron chi connectivity index (χ1n) is 5.20. The number of hydrogen-bond donors (Lipinski definition) is 0. The topological polar surface area (TPSA) is 42.2 Å². The molecule has 0 aromatic heterocycles. The van der Waals surface area contributed by atoms with Gasteiger partial charge >= 0.3 is 0 Å². The van der Waals surface area contributed by atoms with Gasteiger partial charge in [0.05, 0.1) is 19.3 Å². The van der Waals surface area contributed by atoms with Crippen molar-refractivity contribution in [2.75, 3.05) is 13.2 Å². The lowest BCUT2D eigenvalue weighted by Gasteiger charge is -2.28. The van der Waals surface area contributed by atoms with Crippen LogP contribution in [0.3, 0.4) is 0 Å². The molecule has 1 atom stereocenters. The largest absolute Gasteiger partial charge is 0.347 e. The van der Waals surface area contributed by atoms with E-state index in [0.29, 0.717) is 5.92 Å². The van der Waals surface area contributed by atoms with Crippen molar-refractivity contribution in [3.63, 3.8) is 0 Å². The molecule has 1 saturated carbocycles. The Kier molecular flexibility index (Phi) is 2.85. The van der Waals surface area contributed by atoms with E-state index in [9.17, 15) is 0 Å².